The molecule has 24 heavy (non-hydrogen) atoms. The lowest BCUT2D eigenvalue weighted by Gasteiger charge is -2.24. The molecule has 0 bridgehead atoms. The Labute approximate surface area is 138 Å². The van der Waals surface area contributed by atoms with Crippen LogP contribution in [0, 0.1) is 13.8 Å². The first-order chi connectivity index (χ1) is 11.5. The number of hydrogen-bond donors (Lipinski definition) is 1. The van der Waals surface area contributed by atoms with E-state index in [2.05, 4.69) is 30.2 Å². The summed E-state index contributed by atoms with van der Waals surface area (Å²) in [6.45, 7) is 4.56. The molecule has 124 valence electrons. The minimum Gasteiger partial charge on any atom is -0.347 e. The Morgan fingerprint density at radius 3 is 3.00 bits per heavy atom. The maximum Gasteiger partial charge on any atom is 0.253 e. The van der Waals surface area contributed by atoms with Crippen LogP contribution >= 0.6 is 0 Å². The highest BCUT2D eigenvalue weighted by Crippen LogP contribution is 2.18. The van der Waals surface area contributed by atoms with Crippen LogP contribution in [0.3, 0.4) is 0 Å². The molecule has 0 spiro atoms. The Hall–Kier alpha value is -2.77. The summed E-state index contributed by atoms with van der Waals surface area (Å²) in [4.78, 5) is 17.0. The van der Waals surface area contributed by atoms with Crippen LogP contribution in [0.25, 0.3) is 11.0 Å². The Balaban J connectivity index is 1.54. The smallest absolute Gasteiger partial charge is 0.253 e. The largest absolute Gasteiger partial charge is 0.347 e. The van der Waals surface area contributed by atoms with Crippen molar-refractivity contribution in [1.29, 1.82) is 0 Å². The Kier molecular flexibility index (Phi) is 3.33. The fourth-order valence-corrected chi connectivity index (χ4v) is 3.28. The molecule has 1 aliphatic heterocycles. The molecule has 3 aromatic rings. The van der Waals surface area contributed by atoms with E-state index in [1.165, 1.54) is 0 Å². The van der Waals surface area contributed by atoms with Crippen LogP contribution in [-0.2, 0) is 20.0 Å². The van der Waals surface area contributed by atoms with Gasteiger partial charge in [-0.05, 0) is 26.3 Å². The van der Waals surface area contributed by atoms with Crippen LogP contribution in [-0.4, -0.2) is 41.5 Å². The Bertz CT molecular complexity index is 939. The zero-order valence-corrected chi connectivity index (χ0v) is 13.9. The highest BCUT2D eigenvalue weighted by atomic mass is 16.1. The molecule has 1 aliphatic rings. The minimum atomic E-state index is -0.105. The fourth-order valence-electron chi connectivity index (χ4n) is 3.28. The third-order valence-electron chi connectivity index (χ3n) is 4.59. The molecule has 0 saturated carbocycles. The Morgan fingerprint density at radius 2 is 2.17 bits per heavy atom. The molecule has 0 saturated heterocycles. The van der Waals surface area contributed by atoms with Gasteiger partial charge in [0, 0.05) is 37.6 Å². The summed E-state index contributed by atoms with van der Waals surface area (Å²) in [5.41, 5.74) is 2.22. The summed E-state index contributed by atoms with van der Waals surface area (Å²) in [6.07, 6.45) is 3.30. The van der Waals surface area contributed by atoms with Crippen molar-refractivity contribution in [2.24, 2.45) is 7.05 Å². The number of carbonyl (C=O) groups is 1. The van der Waals surface area contributed by atoms with Crippen LogP contribution in [0.15, 0.2) is 12.3 Å². The van der Waals surface area contributed by atoms with Crippen LogP contribution < -0.4 is 5.32 Å². The quantitative estimate of drug-likeness (QED) is 0.756. The predicted octanol–water partition coefficient (Wildman–Crippen LogP) is 0.921. The zero-order valence-electron chi connectivity index (χ0n) is 13.9. The number of fused-ring (bicyclic) bond motifs is 2. The number of nitrogens with one attached hydrogen (secondary N) is 1. The average Bonchev–Trinajstić information content (AvgIpc) is 3.08. The number of aromatic nitrogens is 6. The fraction of sp³-hybridized carbons (Fsp3) is 0.438. The molecule has 0 unspecified atom stereocenters. The number of carbonyl (C=O) groups excluding carboxylic acids is 1. The number of aryl methyl sites for hydroxylation is 4. The van der Waals surface area contributed by atoms with E-state index in [4.69, 9.17) is 0 Å². The lowest BCUT2D eigenvalue weighted by Crippen LogP contribution is -2.41. The van der Waals surface area contributed by atoms with Crippen LogP contribution in [0.1, 0.15) is 34.1 Å². The van der Waals surface area contributed by atoms with Gasteiger partial charge < -0.3 is 9.88 Å². The van der Waals surface area contributed by atoms with E-state index in [0.29, 0.717) is 12.1 Å². The van der Waals surface area contributed by atoms with Crippen molar-refractivity contribution in [3.05, 3.63) is 35.2 Å². The number of amides is 1. The first-order valence-electron chi connectivity index (χ1n) is 8.02. The molecule has 0 fully saturated rings. The molecule has 4 rings (SSSR count). The van der Waals surface area contributed by atoms with Gasteiger partial charge in [-0.3, -0.25) is 9.48 Å². The van der Waals surface area contributed by atoms with Gasteiger partial charge in [-0.2, -0.15) is 5.10 Å². The number of hydrogen-bond acceptors (Lipinski definition) is 5. The third kappa shape index (κ3) is 2.34. The monoisotopic (exact) mass is 325 g/mol. The molecular weight excluding hydrogens is 306 g/mol. The highest BCUT2D eigenvalue weighted by molar-refractivity contribution is 5.97. The maximum absolute atomic E-state index is 12.6. The summed E-state index contributed by atoms with van der Waals surface area (Å²) >= 11 is 0. The summed E-state index contributed by atoms with van der Waals surface area (Å²) in [6, 6.07) is 1.93. The second kappa shape index (κ2) is 5.40. The standard InChI is InChI=1S/C16H19N7O/c1-9-13-6-11(7-17-15(13)22(3)21-9)16(24)18-12-4-5-14-20-19-10(2)23(14)8-12/h6-7,12H,4-5,8H2,1-3H3,(H,18,24)/t12-/m0/s1. The topological polar surface area (TPSA) is 90.5 Å². The van der Waals surface area contributed by atoms with Gasteiger partial charge in [-0.1, -0.05) is 0 Å². The molecule has 1 atom stereocenters. The molecular formula is C16H19N7O. The van der Waals surface area contributed by atoms with Crippen molar-refractivity contribution in [2.75, 3.05) is 0 Å². The maximum atomic E-state index is 12.6. The van der Waals surface area contributed by atoms with Crippen molar-refractivity contribution in [3.63, 3.8) is 0 Å². The summed E-state index contributed by atoms with van der Waals surface area (Å²) < 4.78 is 3.80. The van der Waals surface area contributed by atoms with Crippen LogP contribution in [0.2, 0.25) is 0 Å². The molecule has 0 radical (unpaired) electrons. The van der Waals surface area contributed by atoms with Crippen molar-refractivity contribution >= 4 is 16.9 Å². The van der Waals surface area contributed by atoms with Gasteiger partial charge in [-0.25, -0.2) is 4.98 Å². The molecule has 4 heterocycles. The van der Waals surface area contributed by atoms with Crippen molar-refractivity contribution < 1.29 is 4.79 Å². The molecule has 3 aromatic heterocycles. The first kappa shape index (κ1) is 14.8. The predicted molar refractivity (Wildman–Crippen MR) is 87.6 cm³/mol. The molecule has 0 aromatic carbocycles. The molecule has 1 amide bonds. The number of nitrogens with zero attached hydrogens (tertiary/aromatic N) is 6. The highest BCUT2D eigenvalue weighted by Gasteiger charge is 2.23. The summed E-state index contributed by atoms with van der Waals surface area (Å²) in [7, 11) is 1.85. The molecule has 8 heteroatoms. The normalized spacial score (nSPS) is 17.0. The average molecular weight is 325 g/mol. The van der Waals surface area contributed by atoms with Crippen molar-refractivity contribution in [1.82, 2.24) is 34.8 Å². The first-order valence-corrected chi connectivity index (χ1v) is 8.02. The minimum absolute atomic E-state index is 0.0744. The summed E-state index contributed by atoms with van der Waals surface area (Å²) in [5, 5.41) is 16.6. The van der Waals surface area contributed by atoms with Gasteiger partial charge in [0.15, 0.2) is 5.65 Å². The van der Waals surface area contributed by atoms with Gasteiger partial charge in [0.2, 0.25) is 0 Å². The van der Waals surface area contributed by atoms with Gasteiger partial charge >= 0.3 is 0 Å². The van der Waals surface area contributed by atoms with E-state index in [1.54, 1.807) is 10.9 Å². The molecule has 0 aliphatic carbocycles. The molecule has 1 N–H and O–H groups in total. The van der Waals surface area contributed by atoms with E-state index >= 15 is 0 Å². The van der Waals surface area contributed by atoms with Crippen molar-refractivity contribution in [2.45, 2.75) is 39.3 Å². The van der Waals surface area contributed by atoms with E-state index in [1.807, 2.05) is 27.0 Å². The van der Waals surface area contributed by atoms with Gasteiger partial charge in [0.05, 0.1) is 11.3 Å². The van der Waals surface area contributed by atoms with E-state index < -0.39 is 0 Å². The van der Waals surface area contributed by atoms with E-state index in [9.17, 15) is 4.79 Å². The number of rotatable bonds is 2. The summed E-state index contributed by atoms with van der Waals surface area (Å²) in [5.74, 6) is 1.77. The van der Waals surface area contributed by atoms with Gasteiger partial charge in [0.25, 0.3) is 5.91 Å². The second-order valence-electron chi connectivity index (χ2n) is 6.29. The lowest BCUT2D eigenvalue weighted by atomic mass is 10.1. The van der Waals surface area contributed by atoms with E-state index in [0.717, 1.165) is 41.2 Å². The van der Waals surface area contributed by atoms with Gasteiger partial charge in [0.1, 0.15) is 11.6 Å². The third-order valence-corrected chi connectivity index (χ3v) is 4.59. The van der Waals surface area contributed by atoms with Gasteiger partial charge in [-0.15, -0.1) is 10.2 Å². The molecule has 8 nitrogen and oxygen atoms in total. The van der Waals surface area contributed by atoms with Crippen LogP contribution in [0.4, 0.5) is 0 Å². The van der Waals surface area contributed by atoms with E-state index in [-0.39, 0.29) is 11.9 Å². The second-order valence-corrected chi connectivity index (χ2v) is 6.29. The van der Waals surface area contributed by atoms with Crippen LogP contribution in [0.5, 0.6) is 0 Å². The number of pyridine rings is 1. The van der Waals surface area contributed by atoms with Crippen molar-refractivity contribution in [3.8, 4) is 0 Å². The Morgan fingerprint density at radius 1 is 1.33 bits per heavy atom. The lowest BCUT2D eigenvalue weighted by molar-refractivity contribution is 0.0927. The zero-order chi connectivity index (χ0) is 16.8. The SMILES string of the molecule is Cc1nn(C)c2ncc(C(=O)N[C@H]3CCc4nnc(C)n4C3)cc12.